The highest BCUT2D eigenvalue weighted by molar-refractivity contribution is 7.25. The van der Waals surface area contributed by atoms with Crippen molar-refractivity contribution in [2.24, 2.45) is 0 Å². The molecule has 0 spiro atoms. The van der Waals surface area contributed by atoms with Gasteiger partial charge >= 0.3 is 0 Å². The fourth-order valence-electron chi connectivity index (χ4n) is 4.48. The van der Waals surface area contributed by atoms with E-state index in [0.29, 0.717) is 11.8 Å². The van der Waals surface area contributed by atoms with E-state index in [1.54, 1.807) is 0 Å². The van der Waals surface area contributed by atoms with E-state index in [1.807, 2.05) is 17.5 Å². The zero-order valence-electron chi connectivity index (χ0n) is 17.9. The van der Waals surface area contributed by atoms with Gasteiger partial charge in [0.15, 0.2) is 0 Å². The van der Waals surface area contributed by atoms with Crippen LogP contribution in [0.4, 0.5) is 0 Å². The van der Waals surface area contributed by atoms with Gasteiger partial charge in [-0.2, -0.15) is 0 Å². The van der Waals surface area contributed by atoms with Crippen molar-refractivity contribution in [3.8, 4) is 17.1 Å². The summed E-state index contributed by atoms with van der Waals surface area (Å²) in [5, 5.41) is 2.76. The summed E-state index contributed by atoms with van der Waals surface area (Å²) >= 11 is 1.91. The molecule has 0 saturated carbocycles. The van der Waals surface area contributed by atoms with Gasteiger partial charge in [-0.3, -0.25) is 4.57 Å². The molecule has 5 aromatic rings. The van der Waals surface area contributed by atoms with Gasteiger partial charge in [0.2, 0.25) is 0 Å². The van der Waals surface area contributed by atoms with Gasteiger partial charge in [-0.05, 0) is 35.1 Å². The van der Waals surface area contributed by atoms with Crippen LogP contribution in [0, 0.1) is 0 Å². The van der Waals surface area contributed by atoms with Gasteiger partial charge < -0.3 is 0 Å². The summed E-state index contributed by atoms with van der Waals surface area (Å²) in [6.45, 7) is 9.21. The first kappa shape index (κ1) is 19.1. The second kappa shape index (κ2) is 7.41. The third-order valence-corrected chi connectivity index (χ3v) is 6.94. The topological polar surface area (TPSA) is 17.8 Å². The van der Waals surface area contributed by atoms with Crippen molar-refractivity contribution in [3.63, 3.8) is 0 Å². The van der Waals surface area contributed by atoms with Gasteiger partial charge in [0, 0.05) is 38.1 Å². The van der Waals surface area contributed by atoms with Crippen molar-refractivity contribution in [2.45, 2.75) is 39.5 Å². The molecule has 2 aromatic heterocycles. The average Bonchev–Trinajstić information content (AvgIpc) is 3.37. The molecule has 0 unspecified atom stereocenters. The van der Waals surface area contributed by atoms with E-state index in [0.717, 1.165) is 11.4 Å². The largest absolute Gasteiger partial charge is 0.299 e. The van der Waals surface area contributed by atoms with E-state index in [1.165, 1.54) is 37.0 Å². The third kappa shape index (κ3) is 2.96. The molecule has 150 valence electrons. The van der Waals surface area contributed by atoms with Crippen LogP contribution in [0.1, 0.15) is 50.7 Å². The van der Waals surface area contributed by atoms with Gasteiger partial charge in [-0.15, -0.1) is 11.3 Å². The van der Waals surface area contributed by atoms with Crippen molar-refractivity contribution in [2.75, 3.05) is 0 Å². The lowest BCUT2D eigenvalue weighted by atomic mass is 9.88. The molecule has 0 atom stereocenters. The summed E-state index contributed by atoms with van der Waals surface area (Å²) in [6, 6.07) is 21.7. The fraction of sp³-hybridized carbons (Fsp3) is 0.222. The Bertz CT molecular complexity index is 1340. The highest BCUT2D eigenvalue weighted by atomic mass is 32.1. The maximum absolute atomic E-state index is 4.76. The number of nitrogens with zero attached hydrogens (tertiary/aromatic N) is 2. The second-order valence-electron chi connectivity index (χ2n) is 8.50. The first-order valence-electron chi connectivity index (χ1n) is 10.6. The van der Waals surface area contributed by atoms with E-state index in [-0.39, 0.29) is 0 Å². The van der Waals surface area contributed by atoms with Crippen LogP contribution in [-0.2, 0) is 0 Å². The number of hydrogen-bond donors (Lipinski definition) is 0. The van der Waals surface area contributed by atoms with E-state index in [2.05, 4.69) is 99.1 Å². The highest BCUT2D eigenvalue weighted by Gasteiger charge is 2.23. The van der Waals surface area contributed by atoms with Crippen LogP contribution in [-0.4, -0.2) is 9.55 Å². The van der Waals surface area contributed by atoms with Gasteiger partial charge in [0.1, 0.15) is 5.82 Å². The van der Waals surface area contributed by atoms with Crippen LogP contribution in [0.3, 0.4) is 0 Å². The summed E-state index contributed by atoms with van der Waals surface area (Å²) in [4.78, 5) is 4.76. The molecule has 0 amide bonds. The first-order chi connectivity index (χ1) is 14.6. The quantitative estimate of drug-likeness (QED) is 0.292. The number of benzene rings is 3. The number of fused-ring (bicyclic) bond motifs is 3. The second-order valence-corrected chi connectivity index (χ2v) is 9.58. The lowest BCUT2D eigenvalue weighted by molar-refractivity contribution is 0.815. The van der Waals surface area contributed by atoms with Crippen LogP contribution in [0.15, 0.2) is 73.1 Å². The Kier molecular flexibility index (Phi) is 4.71. The predicted octanol–water partition coefficient (Wildman–Crippen LogP) is 8.15. The third-order valence-electron chi connectivity index (χ3n) is 5.82. The molecule has 0 fully saturated rings. The number of imidazole rings is 1. The molecular weight excluding hydrogens is 384 g/mol. The Morgan fingerprint density at radius 3 is 2.30 bits per heavy atom. The molecule has 2 heterocycles. The van der Waals surface area contributed by atoms with Crippen molar-refractivity contribution < 1.29 is 0 Å². The molecule has 3 aromatic carbocycles. The lowest BCUT2D eigenvalue weighted by Crippen LogP contribution is -2.08. The van der Waals surface area contributed by atoms with Crippen LogP contribution in [0.25, 0.3) is 37.2 Å². The Hall–Kier alpha value is -2.91. The standard InChI is InChI=1S/C27H26N2S/c1-17(2)21-16-23-25(20-12-8-9-13-22(20)30-23)24(18(3)4)26(21)29-15-14-28-27(29)19-10-6-5-7-11-19/h5-18H,1-4H3. The Morgan fingerprint density at radius 1 is 0.833 bits per heavy atom. The number of thiophene rings is 1. The van der Waals surface area contributed by atoms with Crippen molar-refractivity contribution in [3.05, 3.63) is 84.2 Å². The molecule has 0 N–H and O–H groups in total. The van der Waals surface area contributed by atoms with Crippen molar-refractivity contribution in [1.29, 1.82) is 0 Å². The van der Waals surface area contributed by atoms with Crippen LogP contribution < -0.4 is 0 Å². The van der Waals surface area contributed by atoms with E-state index in [4.69, 9.17) is 4.98 Å². The maximum atomic E-state index is 4.76. The molecule has 0 bridgehead atoms. The molecule has 2 nitrogen and oxygen atoms in total. The summed E-state index contributed by atoms with van der Waals surface area (Å²) in [5.41, 5.74) is 5.24. The van der Waals surface area contributed by atoms with Crippen LogP contribution in [0.2, 0.25) is 0 Å². The molecule has 3 heteroatoms. The van der Waals surface area contributed by atoms with Crippen molar-refractivity contribution in [1.82, 2.24) is 9.55 Å². The van der Waals surface area contributed by atoms with E-state index in [9.17, 15) is 0 Å². The number of rotatable bonds is 4. The first-order valence-corrected chi connectivity index (χ1v) is 11.4. The molecule has 5 rings (SSSR count). The number of hydrogen-bond acceptors (Lipinski definition) is 2. The minimum atomic E-state index is 0.394. The molecule has 30 heavy (non-hydrogen) atoms. The van der Waals surface area contributed by atoms with Crippen LogP contribution >= 0.6 is 11.3 Å². The molecule has 0 aliphatic rings. The minimum absolute atomic E-state index is 0.394. The Morgan fingerprint density at radius 2 is 1.57 bits per heavy atom. The zero-order chi connectivity index (χ0) is 20.8. The van der Waals surface area contributed by atoms with Gasteiger partial charge in [-0.1, -0.05) is 76.2 Å². The van der Waals surface area contributed by atoms with Gasteiger partial charge in [-0.25, -0.2) is 4.98 Å². The predicted molar refractivity (Wildman–Crippen MR) is 130 cm³/mol. The molecule has 0 radical (unpaired) electrons. The summed E-state index contributed by atoms with van der Waals surface area (Å²) in [5.74, 6) is 1.81. The maximum Gasteiger partial charge on any atom is 0.144 e. The Labute approximate surface area is 181 Å². The van der Waals surface area contributed by atoms with E-state index >= 15 is 0 Å². The van der Waals surface area contributed by atoms with E-state index < -0.39 is 0 Å². The molecule has 0 saturated heterocycles. The molecule has 0 aliphatic heterocycles. The molecule has 0 aliphatic carbocycles. The van der Waals surface area contributed by atoms with Crippen LogP contribution in [0.5, 0.6) is 0 Å². The summed E-state index contributed by atoms with van der Waals surface area (Å²) in [7, 11) is 0. The summed E-state index contributed by atoms with van der Waals surface area (Å²) < 4.78 is 5.05. The average molecular weight is 411 g/mol. The normalized spacial score (nSPS) is 11.9. The fourth-order valence-corrected chi connectivity index (χ4v) is 5.65. The lowest BCUT2D eigenvalue weighted by Gasteiger charge is -2.23. The number of aromatic nitrogens is 2. The smallest absolute Gasteiger partial charge is 0.144 e. The highest BCUT2D eigenvalue weighted by Crippen LogP contribution is 2.45. The Balaban J connectivity index is 1.93. The molecular formula is C27H26N2S. The van der Waals surface area contributed by atoms with Gasteiger partial charge in [0.25, 0.3) is 0 Å². The monoisotopic (exact) mass is 410 g/mol. The SMILES string of the molecule is CC(C)c1cc2sc3ccccc3c2c(C(C)C)c1-n1ccnc1-c1ccccc1. The zero-order valence-corrected chi connectivity index (χ0v) is 18.7. The minimum Gasteiger partial charge on any atom is -0.299 e. The van der Waals surface area contributed by atoms with Gasteiger partial charge in [0.05, 0.1) is 5.69 Å². The van der Waals surface area contributed by atoms with Crippen molar-refractivity contribution >= 4 is 31.5 Å². The summed E-state index contributed by atoms with van der Waals surface area (Å²) in [6.07, 6.45) is 4.04.